The summed E-state index contributed by atoms with van der Waals surface area (Å²) in [5.74, 6) is -0.357. The summed E-state index contributed by atoms with van der Waals surface area (Å²) in [6.07, 6.45) is 5.06. The second kappa shape index (κ2) is 4.83. The van der Waals surface area contributed by atoms with Crippen LogP contribution >= 0.6 is 0 Å². The third-order valence-electron chi connectivity index (χ3n) is 3.32. The van der Waals surface area contributed by atoms with Crippen LogP contribution in [0, 0.1) is 5.82 Å². The van der Waals surface area contributed by atoms with Gasteiger partial charge in [-0.25, -0.2) is 4.39 Å². The molecule has 2 nitrogen and oxygen atoms in total. The summed E-state index contributed by atoms with van der Waals surface area (Å²) >= 11 is 0. The lowest BCUT2D eigenvalue weighted by molar-refractivity contribution is 0.237. The third kappa shape index (κ3) is 2.73. The number of halogens is 1. The van der Waals surface area contributed by atoms with E-state index >= 15 is 0 Å². The summed E-state index contributed by atoms with van der Waals surface area (Å²) in [5, 5.41) is 9.31. The van der Waals surface area contributed by atoms with E-state index in [0.717, 1.165) is 11.6 Å². The molecule has 0 spiro atoms. The molecule has 2 rings (SSSR count). The molecule has 1 fully saturated rings. The molecule has 1 aromatic rings. The molecule has 1 aliphatic rings. The van der Waals surface area contributed by atoms with Crippen molar-refractivity contribution >= 4 is 0 Å². The Hall–Kier alpha value is -1.09. The van der Waals surface area contributed by atoms with Gasteiger partial charge in [0.25, 0.3) is 0 Å². The zero-order chi connectivity index (χ0) is 11.5. The first-order chi connectivity index (χ1) is 7.65. The van der Waals surface area contributed by atoms with Gasteiger partial charge in [-0.05, 0) is 37.6 Å². The zero-order valence-corrected chi connectivity index (χ0v) is 9.62. The van der Waals surface area contributed by atoms with E-state index in [-0.39, 0.29) is 11.6 Å². The Kier molecular flexibility index (Phi) is 3.44. The molecule has 16 heavy (non-hydrogen) atoms. The van der Waals surface area contributed by atoms with Crippen molar-refractivity contribution in [1.29, 1.82) is 0 Å². The van der Waals surface area contributed by atoms with Crippen LogP contribution in [0.5, 0.6) is 5.75 Å². The second-order valence-electron chi connectivity index (χ2n) is 4.67. The predicted molar refractivity (Wildman–Crippen MR) is 61.8 cm³/mol. The molecule has 0 amide bonds. The van der Waals surface area contributed by atoms with Crippen molar-refractivity contribution in [3.8, 4) is 5.75 Å². The Labute approximate surface area is 95.7 Å². The minimum absolute atomic E-state index is 0.00909. The average Bonchev–Trinajstić information content (AvgIpc) is 2.68. The van der Waals surface area contributed by atoms with Crippen molar-refractivity contribution < 1.29 is 9.50 Å². The number of phenolic OH excluding ortho intramolecular Hbond substituents is 1. The number of rotatable bonds is 3. The van der Waals surface area contributed by atoms with E-state index < -0.39 is 0 Å². The quantitative estimate of drug-likeness (QED) is 0.851. The van der Waals surface area contributed by atoms with E-state index in [1.165, 1.54) is 31.7 Å². The van der Waals surface area contributed by atoms with Gasteiger partial charge in [0.05, 0.1) is 0 Å². The molecule has 1 aromatic carbocycles. The summed E-state index contributed by atoms with van der Waals surface area (Å²) in [5.41, 5.74) is 0.840. The zero-order valence-electron chi connectivity index (χ0n) is 9.62. The third-order valence-corrected chi connectivity index (χ3v) is 3.32. The molecule has 1 N–H and O–H groups in total. The first kappa shape index (κ1) is 11.4. The molecule has 1 aliphatic carbocycles. The normalized spacial score (nSPS) is 17.2. The summed E-state index contributed by atoms with van der Waals surface area (Å²) in [6.45, 7) is 0.704. The molecule has 0 bridgehead atoms. The fourth-order valence-electron chi connectivity index (χ4n) is 2.49. The van der Waals surface area contributed by atoms with Crippen LogP contribution in [0.25, 0.3) is 0 Å². The highest BCUT2D eigenvalue weighted by atomic mass is 19.1. The first-order valence-corrected chi connectivity index (χ1v) is 5.84. The van der Waals surface area contributed by atoms with Crippen LogP contribution in [0.1, 0.15) is 31.2 Å². The fraction of sp³-hybridized carbons (Fsp3) is 0.538. The maximum Gasteiger partial charge on any atom is 0.127 e. The smallest absolute Gasteiger partial charge is 0.127 e. The Morgan fingerprint density at radius 3 is 2.62 bits per heavy atom. The number of nitrogens with zero attached hydrogens (tertiary/aromatic N) is 1. The van der Waals surface area contributed by atoms with Crippen LogP contribution < -0.4 is 0 Å². The Balaban J connectivity index is 2.02. The molecule has 0 unspecified atom stereocenters. The SMILES string of the molecule is CN(Cc1cc(O)cc(F)c1)C1CCCC1. The van der Waals surface area contributed by atoms with Gasteiger partial charge in [0.2, 0.25) is 0 Å². The van der Waals surface area contributed by atoms with Crippen molar-refractivity contribution in [2.75, 3.05) is 7.05 Å². The van der Waals surface area contributed by atoms with E-state index in [0.29, 0.717) is 12.6 Å². The molecule has 0 aromatic heterocycles. The molecule has 0 aliphatic heterocycles. The second-order valence-corrected chi connectivity index (χ2v) is 4.67. The van der Waals surface area contributed by atoms with Crippen molar-refractivity contribution in [2.24, 2.45) is 0 Å². The molecule has 3 heteroatoms. The Bertz CT molecular complexity index is 341. The average molecular weight is 223 g/mol. The van der Waals surface area contributed by atoms with Gasteiger partial charge in [0, 0.05) is 18.7 Å². The highest BCUT2D eigenvalue weighted by Crippen LogP contribution is 2.24. The lowest BCUT2D eigenvalue weighted by atomic mass is 10.1. The van der Waals surface area contributed by atoms with E-state index in [2.05, 4.69) is 11.9 Å². The number of phenols is 1. The topological polar surface area (TPSA) is 23.5 Å². The lowest BCUT2D eigenvalue weighted by Gasteiger charge is -2.24. The number of aromatic hydroxyl groups is 1. The largest absolute Gasteiger partial charge is 0.508 e. The van der Waals surface area contributed by atoms with Crippen LogP contribution in [0.4, 0.5) is 4.39 Å². The summed E-state index contributed by atoms with van der Waals surface area (Å²) < 4.78 is 13.1. The van der Waals surface area contributed by atoms with Gasteiger partial charge in [0.15, 0.2) is 0 Å². The van der Waals surface area contributed by atoms with Crippen LogP contribution in [0.2, 0.25) is 0 Å². The molecule has 1 saturated carbocycles. The highest BCUT2D eigenvalue weighted by molar-refractivity contribution is 5.28. The summed E-state index contributed by atoms with van der Waals surface area (Å²) in [7, 11) is 2.07. The number of benzene rings is 1. The van der Waals surface area contributed by atoms with E-state index in [1.807, 2.05) is 0 Å². The van der Waals surface area contributed by atoms with Crippen LogP contribution in [0.3, 0.4) is 0 Å². The van der Waals surface area contributed by atoms with Crippen LogP contribution in [-0.2, 0) is 6.54 Å². The van der Waals surface area contributed by atoms with Crippen molar-refractivity contribution in [3.63, 3.8) is 0 Å². The number of hydrogen-bond donors (Lipinski definition) is 1. The van der Waals surface area contributed by atoms with Crippen LogP contribution in [-0.4, -0.2) is 23.1 Å². The molecular weight excluding hydrogens is 205 g/mol. The summed E-state index contributed by atoms with van der Waals surface area (Å²) in [4.78, 5) is 2.25. The highest BCUT2D eigenvalue weighted by Gasteiger charge is 2.19. The van der Waals surface area contributed by atoms with Gasteiger partial charge in [-0.1, -0.05) is 12.8 Å². The van der Waals surface area contributed by atoms with E-state index in [1.54, 1.807) is 6.07 Å². The van der Waals surface area contributed by atoms with Gasteiger partial charge >= 0.3 is 0 Å². The molecule has 0 heterocycles. The van der Waals surface area contributed by atoms with Gasteiger partial charge in [-0.3, -0.25) is 4.90 Å². The molecule has 0 radical (unpaired) electrons. The van der Waals surface area contributed by atoms with E-state index in [9.17, 15) is 9.50 Å². The fourth-order valence-corrected chi connectivity index (χ4v) is 2.49. The molecule has 0 atom stereocenters. The van der Waals surface area contributed by atoms with E-state index in [4.69, 9.17) is 0 Å². The molecule has 0 saturated heterocycles. The van der Waals surface area contributed by atoms with Gasteiger partial charge in [-0.2, -0.15) is 0 Å². The van der Waals surface area contributed by atoms with Gasteiger partial charge in [0.1, 0.15) is 11.6 Å². The van der Waals surface area contributed by atoms with Crippen molar-refractivity contribution in [2.45, 2.75) is 38.3 Å². The molecular formula is C13H18FNO. The summed E-state index contributed by atoms with van der Waals surface area (Å²) in [6, 6.07) is 4.88. The standard InChI is InChI=1S/C13H18FNO/c1-15(12-4-2-3-5-12)9-10-6-11(14)8-13(16)7-10/h6-8,12,16H,2-5,9H2,1H3. The van der Waals surface area contributed by atoms with Gasteiger partial charge in [-0.15, -0.1) is 0 Å². The minimum atomic E-state index is -0.366. The van der Waals surface area contributed by atoms with Crippen molar-refractivity contribution in [3.05, 3.63) is 29.6 Å². The van der Waals surface area contributed by atoms with Crippen LogP contribution in [0.15, 0.2) is 18.2 Å². The first-order valence-electron chi connectivity index (χ1n) is 5.84. The number of hydrogen-bond acceptors (Lipinski definition) is 2. The Morgan fingerprint density at radius 2 is 2.00 bits per heavy atom. The van der Waals surface area contributed by atoms with Crippen molar-refractivity contribution in [1.82, 2.24) is 4.90 Å². The van der Waals surface area contributed by atoms with Gasteiger partial charge < -0.3 is 5.11 Å². The maximum atomic E-state index is 13.1. The lowest BCUT2D eigenvalue weighted by Crippen LogP contribution is -2.28. The maximum absolute atomic E-state index is 13.1. The predicted octanol–water partition coefficient (Wildman–Crippen LogP) is 2.91. The Morgan fingerprint density at radius 1 is 1.31 bits per heavy atom. The minimum Gasteiger partial charge on any atom is -0.508 e. The monoisotopic (exact) mass is 223 g/mol. The molecule has 88 valence electrons.